The van der Waals surface area contributed by atoms with Crippen molar-refractivity contribution in [1.29, 1.82) is 0 Å². The minimum absolute atomic E-state index is 0.0240. The third-order valence-corrected chi connectivity index (χ3v) is 4.25. The topological polar surface area (TPSA) is 92.6 Å². The molecule has 2 rings (SSSR count). The molecule has 0 aliphatic carbocycles. The highest BCUT2D eigenvalue weighted by Crippen LogP contribution is 2.22. The van der Waals surface area contributed by atoms with Crippen LogP contribution in [-0.4, -0.2) is 41.3 Å². The van der Waals surface area contributed by atoms with Crippen molar-refractivity contribution in [2.45, 2.75) is 39.0 Å². The quantitative estimate of drug-likeness (QED) is 0.661. The van der Waals surface area contributed by atoms with Crippen molar-refractivity contribution in [2.75, 3.05) is 19.6 Å². The summed E-state index contributed by atoms with van der Waals surface area (Å²) < 4.78 is 0. The summed E-state index contributed by atoms with van der Waals surface area (Å²) in [6.07, 6.45) is 4.56. The largest absolute Gasteiger partial charge is 0.351 e. The van der Waals surface area contributed by atoms with Gasteiger partial charge in [0.15, 0.2) is 0 Å². The molecule has 1 aliphatic rings. The Morgan fingerprint density at radius 3 is 2.50 bits per heavy atom. The Morgan fingerprint density at radius 1 is 1.21 bits per heavy atom. The summed E-state index contributed by atoms with van der Waals surface area (Å²) in [5.74, 6) is -0.495. The zero-order chi connectivity index (χ0) is 17.5. The second kappa shape index (κ2) is 8.42. The summed E-state index contributed by atoms with van der Waals surface area (Å²) in [5.41, 5.74) is 0.282. The van der Waals surface area contributed by atoms with E-state index in [-0.39, 0.29) is 30.1 Å². The fourth-order valence-corrected chi connectivity index (χ4v) is 2.94. The molecule has 0 aromatic heterocycles. The van der Waals surface area contributed by atoms with Crippen LogP contribution in [0.1, 0.15) is 48.0 Å². The molecule has 1 saturated heterocycles. The maximum Gasteiger partial charge on any atom is 0.285 e. The summed E-state index contributed by atoms with van der Waals surface area (Å²) in [5, 5.41) is 13.7. The summed E-state index contributed by atoms with van der Waals surface area (Å²) in [6.45, 7) is 3.32. The molecule has 1 fully saturated rings. The smallest absolute Gasteiger partial charge is 0.285 e. The average molecular weight is 333 g/mol. The summed E-state index contributed by atoms with van der Waals surface area (Å²) >= 11 is 0. The highest BCUT2D eigenvalue weighted by atomic mass is 16.6. The van der Waals surface area contributed by atoms with E-state index in [2.05, 4.69) is 5.32 Å². The van der Waals surface area contributed by atoms with Crippen molar-refractivity contribution >= 4 is 17.5 Å². The predicted molar refractivity (Wildman–Crippen MR) is 89.8 cm³/mol. The first-order chi connectivity index (χ1) is 11.5. The molecule has 0 radical (unpaired) electrons. The fourth-order valence-electron chi connectivity index (χ4n) is 2.94. The SMILES string of the molecule is Cc1cccc(C(=O)NCCC(=O)N2CCCCCC2)c1[N+](=O)[O-]. The van der Waals surface area contributed by atoms with Crippen LogP contribution in [0.4, 0.5) is 5.69 Å². The van der Waals surface area contributed by atoms with E-state index >= 15 is 0 Å². The number of hydrogen-bond donors (Lipinski definition) is 1. The molecule has 1 aliphatic heterocycles. The zero-order valence-electron chi connectivity index (χ0n) is 13.9. The number of para-hydroxylation sites is 1. The minimum atomic E-state index is -0.549. The van der Waals surface area contributed by atoms with E-state index in [1.807, 2.05) is 4.90 Å². The van der Waals surface area contributed by atoms with E-state index in [4.69, 9.17) is 0 Å². The normalized spacial score (nSPS) is 14.8. The van der Waals surface area contributed by atoms with Crippen LogP contribution in [0.2, 0.25) is 0 Å². The number of amides is 2. The van der Waals surface area contributed by atoms with Gasteiger partial charge >= 0.3 is 0 Å². The lowest BCUT2D eigenvalue weighted by Crippen LogP contribution is -2.35. The lowest BCUT2D eigenvalue weighted by Gasteiger charge is -2.20. The second-order valence-corrected chi connectivity index (χ2v) is 6.03. The molecule has 1 aromatic rings. The molecule has 1 aromatic carbocycles. The Balaban J connectivity index is 1.90. The molecule has 130 valence electrons. The number of hydrogen-bond acceptors (Lipinski definition) is 4. The first kappa shape index (κ1) is 17.9. The number of nitro benzene ring substituents is 1. The third-order valence-electron chi connectivity index (χ3n) is 4.25. The van der Waals surface area contributed by atoms with E-state index in [1.165, 1.54) is 6.07 Å². The molecule has 7 nitrogen and oxygen atoms in total. The standard InChI is InChI=1S/C17H23N3O4/c1-13-7-6-8-14(16(13)20(23)24)17(22)18-10-9-15(21)19-11-4-2-3-5-12-19/h6-8H,2-5,9-12H2,1H3,(H,18,22). The van der Waals surface area contributed by atoms with Gasteiger partial charge in [0.2, 0.25) is 5.91 Å². The molecule has 0 saturated carbocycles. The Bertz CT molecular complexity index is 622. The fraction of sp³-hybridized carbons (Fsp3) is 0.529. The number of benzene rings is 1. The monoisotopic (exact) mass is 333 g/mol. The van der Waals surface area contributed by atoms with Gasteiger partial charge in [0.1, 0.15) is 5.56 Å². The van der Waals surface area contributed by atoms with Crippen molar-refractivity contribution in [3.8, 4) is 0 Å². The number of rotatable bonds is 5. The summed E-state index contributed by atoms with van der Waals surface area (Å²) in [4.78, 5) is 36.8. The van der Waals surface area contributed by atoms with Crippen LogP contribution >= 0.6 is 0 Å². The molecule has 0 atom stereocenters. The van der Waals surface area contributed by atoms with Crippen molar-refractivity contribution < 1.29 is 14.5 Å². The summed E-state index contributed by atoms with van der Waals surface area (Å²) in [7, 11) is 0. The van der Waals surface area contributed by atoms with Gasteiger partial charge in [-0.2, -0.15) is 0 Å². The van der Waals surface area contributed by atoms with E-state index in [0.29, 0.717) is 5.56 Å². The Kier molecular flexibility index (Phi) is 6.28. The number of carbonyl (C=O) groups is 2. The zero-order valence-corrected chi connectivity index (χ0v) is 13.9. The van der Waals surface area contributed by atoms with Crippen LogP contribution < -0.4 is 5.32 Å². The number of nitrogens with zero attached hydrogens (tertiary/aromatic N) is 2. The van der Waals surface area contributed by atoms with Gasteiger partial charge in [-0.1, -0.05) is 25.0 Å². The Hall–Kier alpha value is -2.44. The van der Waals surface area contributed by atoms with Gasteiger partial charge in [-0.05, 0) is 25.8 Å². The molecular formula is C17H23N3O4. The minimum Gasteiger partial charge on any atom is -0.351 e. The highest BCUT2D eigenvalue weighted by molar-refractivity contribution is 5.98. The van der Waals surface area contributed by atoms with Crippen LogP contribution in [0.15, 0.2) is 18.2 Å². The van der Waals surface area contributed by atoms with Gasteiger partial charge in [0.05, 0.1) is 4.92 Å². The molecule has 0 spiro atoms. The second-order valence-electron chi connectivity index (χ2n) is 6.03. The molecule has 7 heteroatoms. The van der Waals surface area contributed by atoms with E-state index in [9.17, 15) is 19.7 Å². The van der Waals surface area contributed by atoms with Gasteiger partial charge < -0.3 is 10.2 Å². The maximum absolute atomic E-state index is 12.2. The average Bonchev–Trinajstić information content (AvgIpc) is 2.83. The van der Waals surface area contributed by atoms with Gasteiger partial charge in [0, 0.05) is 31.6 Å². The number of likely N-dealkylation sites (tertiary alicyclic amines) is 1. The Labute approximate surface area is 141 Å². The molecule has 0 bridgehead atoms. The van der Waals surface area contributed by atoms with Crippen LogP contribution in [-0.2, 0) is 4.79 Å². The third kappa shape index (κ3) is 4.53. The maximum atomic E-state index is 12.2. The van der Waals surface area contributed by atoms with Gasteiger partial charge in [-0.3, -0.25) is 19.7 Å². The first-order valence-electron chi connectivity index (χ1n) is 8.30. The number of carbonyl (C=O) groups excluding carboxylic acids is 2. The highest BCUT2D eigenvalue weighted by Gasteiger charge is 2.22. The Morgan fingerprint density at radius 2 is 1.88 bits per heavy atom. The molecule has 2 amide bonds. The first-order valence-corrected chi connectivity index (χ1v) is 8.30. The van der Waals surface area contributed by atoms with Crippen molar-refractivity contribution in [3.05, 3.63) is 39.4 Å². The summed E-state index contributed by atoms with van der Waals surface area (Å²) in [6, 6.07) is 4.63. The molecule has 1 N–H and O–H groups in total. The lowest BCUT2D eigenvalue weighted by molar-refractivity contribution is -0.385. The van der Waals surface area contributed by atoms with Gasteiger partial charge in [-0.15, -0.1) is 0 Å². The van der Waals surface area contributed by atoms with E-state index in [0.717, 1.165) is 38.8 Å². The van der Waals surface area contributed by atoms with Crippen molar-refractivity contribution in [1.82, 2.24) is 10.2 Å². The van der Waals surface area contributed by atoms with Crippen molar-refractivity contribution in [3.63, 3.8) is 0 Å². The van der Waals surface area contributed by atoms with Crippen LogP contribution in [0.5, 0.6) is 0 Å². The van der Waals surface area contributed by atoms with Crippen LogP contribution in [0.3, 0.4) is 0 Å². The van der Waals surface area contributed by atoms with Gasteiger partial charge in [0.25, 0.3) is 11.6 Å². The number of nitrogens with one attached hydrogen (secondary N) is 1. The lowest BCUT2D eigenvalue weighted by atomic mass is 10.1. The number of nitro groups is 1. The van der Waals surface area contributed by atoms with Crippen LogP contribution in [0.25, 0.3) is 0 Å². The van der Waals surface area contributed by atoms with Gasteiger partial charge in [-0.25, -0.2) is 0 Å². The molecule has 24 heavy (non-hydrogen) atoms. The van der Waals surface area contributed by atoms with Crippen molar-refractivity contribution in [2.24, 2.45) is 0 Å². The van der Waals surface area contributed by atoms with E-state index in [1.54, 1.807) is 19.1 Å². The predicted octanol–water partition coefficient (Wildman–Crippen LogP) is 2.43. The molecule has 0 unspecified atom stereocenters. The van der Waals surface area contributed by atoms with E-state index < -0.39 is 10.8 Å². The molecular weight excluding hydrogens is 310 g/mol. The number of aryl methyl sites for hydroxylation is 1. The van der Waals surface area contributed by atoms with Crippen LogP contribution in [0, 0.1) is 17.0 Å². The molecule has 1 heterocycles.